The Hall–Kier alpha value is -1.73. The maximum atomic E-state index is 10.6. The van der Waals surface area contributed by atoms with Gasteiger partial charge in [-0.25, -0.2) is 0 Å². The predicted molar refractivity (Wildman–Crippen MR) is 106 cm³/mol. The fourth-order valence-corrected chi connectivity index (χ4v) is 4.90. The highest BCUT2D eigenvalue weighted by atomic mass is 31.1. The van der Waals surface area contributed by atoms with Gasteiger partial charge in [0, 0.05) is 31.0 Å². The molecule has 1 N–H and O–H groups in total. The van der Waals surface area contributed by atoms with E-state index < -0.39 is 0 Å². The van der Waals surface area contributed by atoms with Crippen molar-refractivity contribution in [2.45, 2.75) is 32.3 Å². The van der Waals surface area contributed by atoms with Gasteiger partial charge in [-0.2, -0.15) is 0 Å². The molecular weight excluding hydrogens is 317 g/mol. The molecule has 0 bridgehead atoms. The van der Waals surface area contributed by atoms with Crippen LogP contribution in [-0.2, 0) is 0 Å². The molecule has 0 spiro atoms. The van der Waals surface area contributed by atoms with E-state index in [4.69, 9.17) is 4.74 Å². The summed E-state index contributed by atoms with van der Waals surface area (Å²) in [4.78, 5) is 2.17. The highest BCUT2D eigenvalue weighted by molar-refractivity contribution is 7.48. The molecule has 3 nitrogen and oxygen atoms in total. The largest absolute Gasteiger partial charge is 0.504 e. The third-order valence-corrected chi connectivity index (χ3v) is 6.14. The smallest absolute Gasteiger partial charge is 0.161 e. The summed E-state index contributed by atoms with van der Waals surface area (Å²) >= 11 is 0. The number of aromatic hydroxyl groups is 1. The van der Waals surface area contributed by atoms with Crippen molar-refractivity contribution in [3.05, 3.63) is 47.5 Å². The molecule has 0 aliphatic rings. The van der Waals surface area contributed by atoms with Crippen molar-refractivity contribution >= 4 is 19.6 Å². The number of methoxy groups -OCH3 is 1. The van der Waals surface area contributed by atoms with Crippen molar-refractivity contribution in [3.63, 3.8) is 0 Å². The van der Waals surface area contributed by atoms with E-state index in [1.165, 1.54) is 16.6 Å². The minimum Gasteiger partial charge on any atom is -0.504 e. The molecular formula is C20H28NO2P. The molecule has 4 heteroatoms. The number of hydrogen-bond acceptors (Lipinski definition) is 3. The van der Waals surface area contributed by atoms with Crippen LogP contribution in [0.4, 0.5) is 5.69 Å². The van der Waals surface area contributed by atoms with Crippen LogP contribution in [0.5, 0.6) is 11.5 Å². The molecule has 0 aromatic heterocycles. The van der Waals surface area contributed by atoms with E-state index in [1.807, 2.05) is 18.2 Å². The lowest BCUT2D eigenvalue weighted by Crippen LogP contribution is -2.18. The van der Waals surface area contributed by atoms with E-state index in [9.17, 15) is 5.11 Å². The van der Waals surface area contributed by atoms with Gasteiger partial charge < -0.3 is 14.7 Å². The van der Waals surface area contributed by atoms with Gasteiger partial charge in [0.25, 0.3) is 0 Å². The van der Waals surface area contributed by atoms with Crippen LogP contribution in [-0.4, -0.2) is 26.3 Å². The number of phenols is 1. The molecule has 2 rings (SSSR count). The van der Waals surface area contributed by atoms with Gasteiger partial charge in [0.1, 0.15) is 0 Å². The summed E-state index contributed by atoms with van der Waals surface area (Å²) in [5.41, 5.74) is 3.85. The Morgan fingerprint density at radius 3 is 2.50 bits per heavy atom. The number of benzene rings is 2. The maximum absolute atomic E-state index is 10.6. The first kappa shape index (κ1) is 18.6. The van der Waals surface area contributed by atoms with Gasteiger partial charge >= 0.3 is 0 Å². The zero-order valence-electron chi connectivity index (χ0n) is 15.3. The number of aryl methyl sites for hydroxylation is 1. The Morgan fingerprint density at radius 1 is 1.17 bits per heavy atom. The van der Waals surface area contributed by atoms with E-state index in [-0.39, 0.29) is 5.75 Å². The van der Waals surface area contributed by atoms with Gasteiger partial charge in [0.2, 0.25) is 0 Å². The van der Waals surface area contributed by atoms with Gasteiger partial charge in [0.15, 0.2) is 11.5 Å². The third-order valence-electron chi connectivity index (χ3n) is 4.25. The quantitative estimate of drug-likeness (QED) is 0.743. The predicted octanol–water partition coefficient (Wildman–Crippen LogP) is 4.62. The Balaban J connectivity index is 2.44. The molecule has 0 heterocycles. The lowest BCUT2D eigenvalue weighted by atomic mass is 10.1. The summed E-state index contributed by atoms with van der Waals surface area (Å²) in [6, 6.07) is 12.2. The molecule has 24 heavy (non-hydrogen) atoms. The normalized spacial score (nSPS) is 12.5. The Labute approximate surface area is 147 Å². The first-order valence-electron chi connectivity index (χ1n) is 8.38. The molecule has 0 aliphatic heterocycles. The molecule has 2 aromatic carbocycles. The fraction of sp³-hybridized carbons (Fsp3) is 0.400. The second kappa shape index (κ2) is 8.39. The monoisotopic (exact) mass is 345 g/mol. The average molecular weight is 345 g/mol. The van der Waals surface area contributed by atoms with E-state index in [0.29, 0.717) is 20.0 Å². The highest BCUT2D eigenvalue weighted by Crippen LogP contribution is 2.46. The van der Waals surface area contributed by atoms with Gasteiger partial charge in [-0.05, 0) is 36.3 Å². The van der Waals surface area contributed by atoms with Crippen LogP contribution < -0.4 is 14.9 Å². The number of nitrogens with zero attached hydrogens (tertiary/aromatic N) is 1. The standard InChI is InChI=1S/C20H28NO2P/c1-6-9-18(15-11-8-13-17(23-5)19(15)22)24-20-14(2)10-7-12-16(20)21(3)4/h7-8,10-13,18,22,24H,6,9H2,1-5H3. The van der Waals surface area contributed by atoms with Crippen molar-refractivity contribution in [2.24, 2.45) is 0 Å². The molecule has 2 aromatic rings. The van der Waals surface area contributed by atoms with Gasteiger partial charge in [-0.15, -0.1) is 0 Å². The van der Waals surface area contributed by atoms with Crippen LogP contribution in [0.2, 0.25) is 0 Å². The van der Waals surface area contributed by atoms with E-state index >= 15 is 0 Å². The summed E-state index contributed by atoms with van der Waals surface area (Å²) < 4.78 is 5.29. The Bertz CT molecular complexity index is 685. The highest BCUT2D eigenvalue weighted by Gasteiger charge is 2.20. The Morgan fingerprint density at radius 2 is 1.88 bits per heavy atom. The first-order chi connectivity index (χ1) is 11.5. The number of phenolic OH excluding ortho intramolecular Hbond substituents is 1. The number of hydrogen-bond donors (Lipinski definition) is 1. The molecule has 130 valence electrons. The zero-order valence-corrected chi connectivity index (χ0v) is 16.3. The summed E-state index contributed by atoms with van der Waals surface area (Å²) in [5, 5.41) is 12.0. The number of anilines is 1. The van der Waals surface area contributed by atoms with Crippen LogP contribution in [0, 0.1) is 6.92 Å². The van der Waals surface area contributed by atoms with E-state index in [0.717, 1.165) is 18.4 Å². The van der Waals surface area contributed by atoms with Crippen LogP contribution in [0.3, 0.4) is 0 Å². The van der Waals surface area contributed by atoms with Crippen LogP contribution in [0.1, 0.15) is 36.6 Å². The van der Waals surface area contributed by atoms with Crippen molar-refractivity contribution in [2.75, 3.05) is 26.1 Å². The number of rotatable bonds is 7. The van der Waals surface area contributed by atoms with Gasteiger partial charge in [-0.3, -0.25) is 0 Å². The molecule has 0 radical (unpaired) electrons. The minimum absolute atomic E-state index is 0.283. The molecule has 2 atom stereocenters. The number of ether oxygens (including phenoxy) is 1. The second-order valence-corrected chi connectivity index (χ2v) is 7.73. The van der Waals surface area contributed by atoms with Crippen LogP contribution in [0.15, 0.2) is 36.4 Å². The first-order valence-corrected chi connectivity index (χ1v) is 9.46. The van der Waals surface area contributed by atoms with Crippen molar-refractivity contribution in [1.29, 1.82) is 0 Å². The summed E-state index contributed by atoms with van der Waals surface area (Å²) in [6.07, 6.45) is 2.12. The summed E-state index contributed by atoms with van der Waals surface area (Å²) in [7, 11) is 6.37. The molecule has 0 amide bonds. The van der Waals surface area contributed by atoms with Crippen molar-refractivity contribution in [3.8, 4) is 11.5 Å². The molecule has 2 unspecified atom stereocenters. The molecule has 0 saturated carbocycles. The summed E-state index contributed by atoms with van der Waals surface area (Å²) in [6.45, 7) is 4.36. The fourth-order valence-electron chi connectivity index (χ4n) is 2.97. The molecule has 0 saturated heterocycles. The zero-order chi connectivity index (χ0) is 17.7. The molecule has 0 fully saturated rings. The van der Waals surface area contributed by atoms with Gasteiger partial charge in [0.05, 0.1) is 7.11 Å². The lowest BCUT2D eigenvalue weighted by molar-refractivity contribution is 0.370. The van der Waals surface area contributed by atoms with Gasteiger partial charge in [-0.1, -0.05) is 46.2 Å². The van der Waals surface area contributed by atoms with Crippen LogP contribution in [0.25, 0.3) is 0 Å². The maximum Gasteiger partial charge on any atom is 0.161 e. The van der Waals surface area contributed by atoms with E-state index in [1.54, 1.807) is 7.11 Å². The van der Waals surface area contributed by atoms with E-state index in [2.05, 4.69) is 51.0 Å². The minimum atomic E-state index is 0.283. The lowest BCUT2D eigenvalue weighted by Gasteiger charge is -2.24. The topological polar surface area (TPSA) is 32.7 Å². The SMILES string of the molecule is CCCC(Pc1c(C)cccc1N(C)C)c1cccc(OC)c1O. The van der Waals surface area contributed by atoms with Crippen LogP contribution >= 0.6 is 8.58 Å². The summed E-state index contributed by atoms with van der Waals surface area (Å²) in [5.74, 6) is 0.835. The number of para-hydroxylation sites is 1. The third kappa shape index (κ3) is 4.02. The van der Waals surface area contributed by atoms with Crippen molar-refractivity contribution in [1.82, 2.24) is 0 Å². The molecule has 0 aliphatic carbocycles. The second-order valence-electron chi connectivity index (χ2n) is 6.25. The average Bonchev–Trinajstić information content (AvgIpc) is 2.56. The van der Waals surface area contributed by atoms with Crippen molar-refractivity contribution < 1.29 is 9.84 Å². The Kier molecular flexibility index (Phi) is 6.51.